The Morgan fingerprint density at radius 1 is 1.25 bits per heavy atom. The highest BCUT2D eigenvalue weighted by Gasteiger charge is 2.32. The zero-order valence-electron chi connectivity index (χ0n) is 12.5. The number of nitrogens with one attached hydrogen (secondary N) is 1. The third-order valence-corrected chi connectivity index (χ3v) is 5.73. The minimum absolute atomic E-state index is 0.139. The molecule has 1 aromatic carbocycles. The molecule has 0 aliphatic heterocycles. The van der Waals surface area contributed by atoms with Crippen LogP contribution in [0.4, 0.5) is 0 Å². The third kappa shape index (κ3) is 3.85. The van der Waals surface area contributed by atoms with Crippen LogP contribution in [0.1, 0.15) is 42.4 Å². The summed E-state index contributed by atoms with van der Waals surface area (Å²) in [5, 5.41) is 4.12. The predicted molar refractivity (Wildman–Crippen MR) is 87.3 cm³/mol. The normalized spacial score (nSPS) is 17.1. The quantitative estimate of drug-likeness (QED) is 0.810. The molecule has 1 aliphatic carbocycles. The Hall–Kier alpha value is -0.830. The molecule has 1 N–H and O–H groups in total. The summed E-state index contributed by atoms with van der Waals surface area (Å²) in [5.74, 6) is 0.139. The van der Waals surface area contributed by atoms with E-state index in [-0.39, 0.29) is 5.91 Å². The fraction of sp³-hybridized carbons (Fsp3) is 0.588. The highest BCUT2D eigenvalue weighted by molar-refractivity contribution is 9.09. The Bertz CT molecular complexity index is 478. The van der Waals surface area contributed by atoms with E-state index in [1.807, 2.05) is 0 Å². The van der Waals surface area contributed by atoms with Gasteiger partial charge < -0.3 is 5.32 Å². The van der Waals surface area contributed by atoms with Gasteiger partial charge in [-0.05, 0) is 48.8 Å². The van der Waals surface area contributed by atoms with Crippen LogP contribution in [0.2, 0.25) is 0 Å². The molecule has 0 heterocycles. The second-order valence-electron chi connectivity index (χ2n) is 6.21. The lowest BCUT2D eigenvalue weighted by atomic mass is 9.89. The molecule has 2 nitrogen and oxygen atoms in total. The highest BCUT2D eigenvalue weighted by Crippen LogP contribution is 2.38. The summed E-state index contributed by atoms with van der Waals surface area (Å²) < 4.78 is 0. The van der Waals surface area contributed by atoms with Crippen LogP contribution in [0.3, 0.4) is 0 Å². The van der Waals surface area contributed by atoms with Crippen molar-refractivity contribution < 1.29 is 4.79 Å². The van der Waals surface area contributed by atoms with Gasteiger partial charge >= 0.3 is 0 Å². The summed E-state index contributed by atoms with van der Waals surface area (Å²) in [6, 6.07) is 6.26. The standard InChI is InChI=1S/C17H24BrNO/c1-13-5-6-15(9-14(13)2)10-16(20)19-12-17(11-18)7-3-4-8-17/h5-6,9H,3-4,7-8,10-12H2,1-2H3,(H,19,20). The van der Waals surface area contributed by atoms with Crippen molar-refractivity contribution in [1.29, 1.82) is 0 Å². The van der Waals surface area contributed by atoms with Crippen molar-refractivity contribution >= 4 is 21.8 Å². The second-order valence-corrected chi connectivity index (χ2v) is 6.77. The molecule has 1 saturated carbocycles. The summed E-state index contributed by atoms with van der Waals surface area (Å²) >= 11 is 3.62. The maximum absolute atomic E-state index is 12.1. The molecule has 0 unspecified atom stereocenters. The summed E-state index contributed by atoms with van der Waals surface area (Å²) in [5.41, 5.74) is 3.92. The van der Waals surface area contributed by atoms with Gasteiger partial charge in [0, 0.05) is 11.9 Å². The van der Waals surface area contributed by atoms with Crippen LogP contribution in [0, 0.1) is 19.3 Å². The molecule has 3 heteroatoms. The molecule has 20 heavy (non-hydrogen) atoms. The summed E-state index contributed by atoms with van der Waals surface area (Å²) in [7, 11) is 0. The molecule has 0 saturated heterocycles. The maximum Gasteiger partial charge on any atom is 0.224 e. The minimum atomic E-state index is 0.139. The molecule has 110 valence electrons. The molecule has 1 aromatic rings. The average molecular weight is 338 g/mol. The van der Waals surface area contributed by atoms with Crippen molar-refractivity contribution in [2.45, 2.75) is 46.0 Å². The first-order chi connectivity index (χ1) is 9.54. The van der Waals surface area contributed by atoms with E-state index in [1.165, 1.54) is 36.8 Å². The van der Waals surface area contributed by atoms with Gasteiger partial charge in [-0.1, -0.05) is 47.0 Å². The molecule has 0 atom stereocenters. The summed E-state index contributed by atoms with van der Waals surface area (Å²) in [6.07, 6.45) is 5.51. The van der Waals surface area contributed by atoms with Crippen molar-refractivity contribution in [2.75, 3.05) is 11.9 Å². The van der Waals surface area contributed by atoms with Crippen LogP contribution >= 0.6 is 15.9 Å². The van der Waals surface area contributed by atoms with E-state index >= 15 is 0 Å². The molecule has 0 bridgehead atoms. The third-order valence-electron chi connectivity index (χ3n) is 4.54. The number of rotatable bonds is 5. The molecule has 1 fully saturated rings. The first-order valence-corrected chi connectivity index (χ1v) is 8.56. The van der Waals surface area contributed by atoms with E-state index in [2.05, 4.69) is 53.3 Å². The lowest BCUT2D eigenvalue weighted by Crippen LogP contribution is -2.37. The number of alkyl halides is 1. The maximum atomic E-state index is 12.1. The zero-order valence-corrected chi connectivity index (χ0v) is 14.1. The Labute approximate surface area is 130 Å². The minimum Gasteiger partial charge on any atom is -0.355 e. The smallest absolute Gasteiger partial charge is 0.224 e. The van der Waals surface area contributed by atoms with Crippen LogP contribution in [0.5, 0.6) is 0 Å². The Kier molecular flexibility index (Phi) is 5.25. The van der Waals surface area contributed by atoms with Gasteiger partial charge in [0.1, 0.15) is 0 Å². The number of carbonyl (C=O) groups excluding carboxylic acids is 1. The van der Waals surface area contributed by atoms with Crippen LogP contribution in [-0.2, 0) is 11.2 Å². The lowest BCUT2D eigenvalue weighted by molar-refractivity contribution is -0.120. The predicted octanol–water partition coefficient (Wildman–Crippen LogP) is 3.92. The average Bonchev–Trinajstić information content (AvgIpc) is 2.90. The number of halogens is 1. The van der Waals surface area contributed by atoms with Gasteiger partial charge in [0.25, 0.3) is 0 Å². The Morgan fingerprint density at radius 2 is 1.95 bits per heavy atom. The van der Waals surface area contributed by atoms with Crippen molar-refractivity contribution in [3.05, 3.63) is 34.9 Å². The Morgan fingerprint density at radius 3 is 2.55 bits per heavy atom. The van der Waals surface area contributed by atoms with Gasteiger partial charge in [0.05, 0.1) is 6.42 Å². The fourth-order valence-electron chi connectivity index (χ4n) is 2.93. The van der Waals surface area contributed by atoms with Gasteiger partial charge in [0.2, 0.25) is 5.91 Å². The number of benzene rings is 1. The molecule has 0 radical (unpaired) electrons. The molecule has 0 aromatic heterocycles. The number of carbonyl (C=O) groups is 1. The SMILES string of the molecule is Cc1ccc(CC(=O)NCC2(CBr)CCCC2)cc1C. The van der Waals surface area contributed by atoms with Crippen molar-refractivity contribution in [3.63, 3.8) is 0 Å². The van der Waals surface area contributed by atoms with Gasteiger partial charge in [-0.25, -0.2) is 0 Å². The van der Waals surface area contributed by atoms with Gasteiger partial charge in [0.15, 0.2) is 0 Å². The zero-order chi connectivity index (χ0) is 14.6. The van der Waals surface area contributed by atoms with Crippen LogP contribution in [0.15, 0.2) is 18.2 Å². The van der Waals surface area contributed by atoms with E-state index in [9.17, 15) is 4.79 Å². The van der Waals surface area contributed by atoms with Crippen molar-refractivity contribution in [1.82, 2.24) is 5.32 Å². The van der Waals surface area contributed by atoms with Crippen molar-refractivity contribution in [3.8, 4) is 0 Å². The van der Waals surface area contributed by atoms with Gasteiger partial charge in [-0.15, -0.1) is 0 Å². The highest BCUT2D eigenvalue weighted by atomic mass is 79.9. The van der Waals surface area contributed by atoms with E-state index in [0.29, 0.717) is 11.8 Å². The lowest BCUT2D eigenvalue weighted by Gasteiger charge is -2.26. The topological polar surface area (TPSA) is 29.1 Å². The van der Waals surface area contributed by atoms with Crippen LogP contribution < -0.4 is 5.32 Å². The van der Waals surface area contributed by atoms with E-state index in [4.69, 9.17) is 0 Å². The van der Waals surface area contributed by atoms with Crippen LogP contribution in [-0.4, -0.2) is 17.8 Å². The first kappa shape index (κ1) is 15.6. The van der Waals surface area contributed by atoms with Gasteiger partial charge in [-0.2, -0.15) is 0 Å². The summed E-state index contributed by atoms with van der Waals surface area (Å²) in [6.45, 7) is 5.00. The Balaban J connectivity index is 1.87. The van der Waals surface area contributed by atoms with E-state index < -0.39 is 0 Å². The largest absolute Gasteiger partial charge is 0.355 e. The molecular weight excluding hydrogens is 314 g/mol. The van der Waals surface area contributed by atoms with E-state index in [0.717, 1.165) is 17.4 Å². The van der Waals surface area contributed by atoms with Crippen molar-refractivity contribution in [2.24, 2.45) is 5.41 Å². The molecular formula is C17H24BrNO. The first-order valence-electron chi connectivity index (χ1n) is 7.43. The number of aryl methyl sites for hydroxylation is 2. The second kappa shape index (κ2) is 6.75. The molecule has 1 amide bonds. The number of hydrogen-bond donors (Lipinski definition) is 1. The number of hydrogen-bond acceptors (Lipinski definition) is 1. The monoisotopic (exact) mass is 337 g/mol. The summed E-state index contributed by atoms with van der Waals surface area (Å²) in [4.78, 5) is 12.1. The van der Waals surface area contributed by atoms with Gasteiger partial charge in [-0.3, -0.25) is 4.79 Å². The number of amides is 1. The molecule has 1 aliphatic rings. The van der Waals surface area contributed by atoms with Crippen LogP contribution in [0.25, 0.3) is 0 Å². The molecule has 0 spiro atoms. The fourth-order valence-corrected chi connectivity index (χ4v) is 3.69. The van der Waals surface area contributed by atoms with E-state index in [1.54, 1.807) is 0 Å². The molecule has 2 rings (SSSR count).